The molecular formula is C133H206O15. The van der Waals surface area contributed by atoms with Gasteiger partial charge in [-0.3, -0.25) is 0 Å². The molecule has 0 saturated heterocycles. The Morgan fingerprint density at radius 3 is 0.649 bits per heavy atom. The van der Waals surface area contributed by atoms with Gasteiger partial charge in [-0.1, -0.05) is 338 Å². The van der Waals surface area contributed by atoms with Gasteiger partial charge in [0.25, 0.3) is 0 Å². The summed E-state index contributed by atoms with van der Waals surface area (Å²) in [6, 6.07) is 72.6. The van der Waals surface area contributed by atoms with Crippen molar-refractivity contribution in [3.8, 4) is 51.7 Å². The molecule has 0 amide bonds. The Kier molecular flexibility index (Phi) is 69.3. The summed E-state index contributed by atoms with van der Waals surface area (Å²) in [7, 11) is 0. The maximum absolute atomic E-state index is 9.01. The molecule has 828 valence electrons. The summed E-state index contributed by atoms with van der Waals surface area (Å²) in [4.78, 5) is 0. The fourth-order valence-corrected chi connectivity index (χ4v) is 17.4. The molecular weight excluding hydrogens is 1840 g/mol. The van der Waals surface area contributed by atoms with E-state index < -0.39 is 0 Å². The summed E-state index contributed by atoms with van der Waals surface area (Å²) in [6.45, 7) is 63.6. The highest BCUT2D eigenvalue weighted by Gasteiger charge is 2.22. The molecule has 148 heavy (non-hydrogen) atoms. The molecule has 3 saturated carbocycles. The molecule has 12 rings (SSSR count). The standard InChI is InChI=1S/2C20H32O2.C18H28O2.C16H26O2.C15H24O2.C14H22O2.3C10H14O/c2*1-4-16(2)19-10-12-20(13-11-19)22-17(3)21-15-14-18-8-6-5-7-9-18;1-4-14(2)16-10-12-18(13-11-16)20-15(3)19-17-8-6-5-7-9-17;1-6-13(5)14-8-10-15(11-9-14)18-16(12(3)4)17-7-2;1-5-12(4)13-8-10-14(11-9-13)17-15(6-2)16-7-3;1-5-11(3)13-7-9-14(10-8-13)16-12(4)15-6-2;3*1-3-8(2)9-4-6-10(11)7-5-9/h2*10-13,16-18H,4-9,14-15H2,1-3H3;10-15,17H,4-9H2,1-3H3;8-13,16H,6-7H2,1-5H3;8-12,15H,5-7H2,1-4H3;7-12H,5-6H2,1-4H3;3*4-8,11H,3H2,1-2H3. The zero-order chi connectivity index (χ0) is 109. The number of phenolic OH excluding ortho intramolecular Hbond substituents is 3. The fourth-order valence-electron chi connectivity index (χ4n) is 17.4. The van der Waals surface area contributed by atoms with Gasteiger partial charge in [0.1, 0.15) is 51.7 Å². The van der Waals surface area contributed by atoms with Crippen LogP contribution in [0, 0.1) is 17.8 Å². The molecule has 0 bridgehead atoms. The number of benzene rings is 9. The Morgan fingerprint density at radius 2 is 0.426 bits per heavy atom. The summed E-state index contributed by atoms with van der Waals surface area (Å²) in [5.74, 6) is 13.9. The van der Waals surface area contributed by atoms with Gasteiger partial charge in [-0.25, -0.2) is 0 Å². The summed E-state index contributed by atoms with van der Waals surface area (Å²) in [6.07, 6.45) is 33.3. The lowest BCUT2D eigenvalue weighted by molar-refractivity contribution is -0.116. The first kappa shape index (κ1) is 131. The van der Waals surface area contributed by atoms with E-state index >= 15 is 0 Å². The summed E-state index contributed by atoms with van der Waals surface area (Å²) >= 11 is 0. The van der Waals surface area contributed by atoms with E-state index in [1.165, 1.54) is 178 Å². The zero-order valence-corrected chi connectivity index (χ0v) is 97.6. The highest BCUT2D eigenvalue weighted by Crippen LogP contribution is 2.35. The quantitative estimate of drug-likeness (QED) is 0.0307. The van der Waals surface area contributed by atoms with Crippen molar-refractivity contribution in [2.45, 2.75) is 464 Å². The fraction of sp³-hybridized carbons (Fsp3) is 0.594. The highest BCUT2D eigenvalue weighted by molar-refractivity contribution is 5.36. The molecule has 3 N–H and O–H groups in total. The SMILES string of the molecule is CCC(C)c1ccc(O)cc1.CCC(C)c1ccc(O)cc1.CCC(C)c1ccc(O)cc1.CCC(C)c1ccc(OC(C)OC2CCCCC2)cc1.CCC(C)c1ccc(OC(C)OCCC2CCCCC2)cc1.CCC(C)c1ccc(OC(C)OCCC2CCCCC2)cc1.CCOC(C)Oc1ccc(C(C)CC)cc1.CCOC(CC)Oc1ccc(C(C)CC)cc1.CCOC(Oc1ccc(C(C)CC)cc1)C(C)C. The van der Waals surface area contributed by atoms with Gasteiger partial charge in [0.2, 0.25) is 6.29 Å². The third kappa shape index (κ3) is 55.3. The second-order valence-electron chi connectivity index (χ2n) is 41.5. The van der Waals surface area contributed by atoms with Crippen molar-refractivity contribution in [2.75, 3.05) is 33.0 Å². The Hall–Kier alpha value is -9.06. The molecule has 0 aliphatic heterocycles. The average Bonchev–Trinajstić information content (AvgIpc) is 0.880. The molecule has 3 fully saturated rings. The number of aromatic hydroxyl groups is 3. The monoisotopic (exact) mass is 2040 g/mol. The van der Waals surface area contributed by atoms with Crippen molar-refractivity contribution < 1.29 is 72.2 Å². The molecule has 0 aromatic heterocycles. The molecule has 9 aromatic carbocycles. The van der Waals surface area contributed by atoms with Gasteiger partial charge in [-0.2, -0.15) is 0 Å². The van der Waals surface area contributed by atoms with Crippen molar-refractivity contribution >= 4 is 0 Å². The van der Waals surface area contributed by atoms with E-state index in [9.17, 15) is 0 Å². The Labute approximate surface area is 901 Å². The van der Waals surface area contributed by atoms with E-state index in [1.54, 1.807) is 36.4 Å². The maximum atomic E-state index is 9.01. The smallest absolute Gasteiger partial charge is 0.202 e. The van der Waals surface area contributed by atoms with Gasteiger partial charge in [-0.15, -0.1) is 0 Å². The highest BCUT2D eigenvalue weighted by atomic mass is 16.7. The van der Waals surface area contributed by atoms with Crippen LogP contribution in [0.15, 0.2) is 218 Å². The van der Waals surface area contributed by atoms with Crippen molar-refractivity contribution in [1.82, 2.24) is 0 Å². The van der Waals surface area contributed by atoms with E-state index in [1.807, 2.05) is 121 Å². The van der Waals surface area contributed by atoms with Crippen LogP contribution in [0.1, 0.15) is 471 Å². The van der Waals surface area contributed by atoms with Crippen LogP contribution in [0.25, 0.3) is 0 Å². The lowest BCUT2D eigenvalue weighted by Gasteiger charge is -2.26. The van der Waals surface area contributed by atoms with Crippen LogP contribution in [-0.2, 0) is 28.4 Å². The van der Waals surface area contributed by atoms with Gasteiger partial charge < -0.3 is 72.2 Å². The van der Waals surface area contributed by atoms with Crippen LogP contribution in [-0.4, -0.2) is 92.2 Å². The molecule has 15 heteroatoms. The maximum Gasteiger partial charge on any atom is 0.202 e. The Bertz CT molecular complexity index is 4420. The molecule has 3 aliphatic carbocycles. The third-order valence-electron chi connectivity index (χ3n) is 29.4. The van der Waals surface area contributed by atoms with Crippen LogP contribution < -0.4 is 28.4 Å². The lowest BCUT2D eigenvalue weighted by Crippen LogP contribution is -2.26. The zero-order valence-electron chi connectivity index (χ0n) is 97.6. The van der Waals surface area contributed by atoms with Crippen LogP contribution >= 0.6 is 0 Å². The van der Waals surface area contributed by atoms with E-state index in [2.05, 4.69) is 255 Å². The second kappa shape index (κ2) is 78.1. The van der Waals surface area contributed by atoms with Crippen LogP contribution in [0.4, 0.5) is 0 Å². The number of hydrogen-bond donors (Lipinski definition) is 3. The summed E-state index contributed by atoms with van der Waals surface area (Å²) in [5, 5.41) is 27.0. The van der Waals surface area contributed by atoms with Crippen LogP contribution in [0.2, 0.25) is 0 Å². The lowest BCUT2D eigenvalue weighted by atomic mass is 9.87. The molecule has 0 heterocycles. The van der Waals surface area contributed by atoms with Crippen LogP contribution in [0.5, 0.6) is 51.7 Å². The number of phenols is 3. The molecule has 0 radical (unpaired) electrons. The Balaban J connectivity index is 0.000000350. The predicted octanol–water partition coefficient (Wildman–Crippen LogP) is 38.7. The van der Waals surface area contributed by atoms with E-state index in [0.29, 0.717) is 102 Å². The van der Waals surface area contributed by atoms with E-state index in [0.717, 1.165) is 104 Å². The molecule has 15 atom stereocenters. The number of ether oxygens (including phenoxy) is 12. The van der Waals surface area contributed by atoms with Crippen molar-refractivity contribution in [1.29, 1.82) is 0 Å². The van der Waals surface area contributed by atoms with Crippen LogP contribution in [0.3, 0.4) is 0 Å². The predicted molar refractivity (Wildman–Crippen MR) is 623 cm³/mol. The van der Waals surface area contributed by atoms with Gasteiger partial charge in [0.05, 0.1) is 19.3 Å². The van der Waals surface area contributed by atoms with Crippen molar-refractivity contribution in [2.24, 2.45) is 17.8 Å². The minimum atomic E-state index is -0.181. The molecule has 15 unspecified atom stereocenters. The minimum Gasteiger partial charge on any atom is -0.508 e. The first-order valence-electron chi connectivity index (χ1n) is 57.9. The third-order valence-corrected chi connectivity index (χ3v) is 29.4. The van der Waals surface area contributed by atoms with E-state index in [-0.39, 0.29) is 37.7 Å². The van der Waals surface area contributed by atoms with Gasteiger partial charge >= 0.3 is 0 Å². The molecule has 0 spiro atoms. The Morgan fingerprint density at radius 1 is 0.216 bits per heavy atom. The van der Waals surface area contributed by atoms with Crippen molar-refractivity contribution in [3.63, 3.8) is 0 Å². The first-order valence-corrected chi connectivity index (χ1v) is 57.9. The molecule has 15 nitrogen and oxygen atoms in total. The molecule has 9 aromatic rings. The molecule has 3 aliphatic rings. The minimum absolute atomic E-state index is 0.130. The van der Waals surface area contributed by atoms with Gasteiger partial charge in [0, 0.05) is 32.2 Å². The second-order valence-corrected chi connectivity index (χ2v) is 41.5. The summed E-state index contributed by atoms with van der Waals surface area (Å²) in [5.41, 5.74) is 12.1. The number of rotatable bonds is 48. The number of hydrogen-bond acceptors (Lipinski definition) is 15. The van der Waals surface area contributed by atoms with Gasteiger partial charge in [-0.05, 0) is 356 Å². The largest absolute Gasteiger partial charge is 0.508 e. The normalized spacial score (nSPS) is 16.1. The van der Waals surface area contributed by atoms with Gasteiger partial charge in [0.15, 0.2) is 31.5 Å². The topological polar surface area (TPSA) is 171 Å². The van der Waals surface area contributed by atoms with Crippen molar-refractivity contribution in [3.05, 3.63) is 268 Å². The summed E-state index contributed by atoms with van der Waals surface area (Å²) < 4.78 is 68.8. The van der Waals surface area contributed by atoms with E-state index in [4.69, 9.17) is 72.2 Å². The first-order chi connectivity index (χ1) is 71.2. The average molecular weight is 2050 g/mol.